The molecular formula is C11H13N3O4. The number of hydrogen-bond donors (Lipinski definition) is 1. The van der Waals surface area contributed by atoms with Gasteiger partial charge in [-0.1, -0.05) is 6.08 Å². The van der Waals surface area contributed by atoms with E-state index in [0.717, 1.165) is 6.07 Å². The summed E-state index contributed by atoms with van der Waals surface area (Å²) in [4.78, 5) is 20.1. The van der Waals surface area contributed by atoms with Gasteiger partial charge in [0.15, 0.2) is 0 Å². The van der Waals surface area contributed by atoms with E-state index in [-0.39, 0.29) is 24.0 Å². The molecule has 0 amide bonds. The molecule has 0 aliphatic rings. The third-order valence-electron chi connectivity index (χ3n) is 2.44. The molecular weight excluding hydrogens is 238 g/mol. The van der Waals surface area contributed by atoms with Gasteiger partial charge in [0.25, 0.3) is 11.4 Å². The molecule has 0 spiro atoms. The fourth-order valence-electron chi connectivity index (χ4n) is 1.34. The van der Waals surface area contributed by atoms with Crippen LogP contribution >= 0.6 is 0 Å². The van der Waals surface area contributed by atoms with Gasteiger partial charge in [0.05, 0.1) is 15.9 Å². The van der Waals surface area contributed by atoms with Crippen LogP contribution in [0.4, 0.5) is 11.4 Å². The Balaban J connectivity index is 3.00. The molecule has 0 bridgehead atoms. The Hall–Kier alpha value is -2.28. The van der Waals surface area contributed by atoms with Crippen LogP contribution in [-0.2, 0) is 6.54 Å². The highest BCUT2D eigenvalue weighted by molar-refractivity contribution is 5.49. The van der Waals surface area contributed by atoms with Gasteiger partial charge in [-0.3, -0.25) is 20.2 Å². The van der Waals surface area contributed by atoms with Crippen LogP contribution < -0.4 is 5.32 Å². The van der Waals surface area contributed by atoms with Gasteiger partial charge in [-0.15, -0.1) is 6.58 Å². The SMILES string of the molecule is C=CC(C)NCc1ccc([N+](=O)[O-])cc1[N+](=O)[O-]. The zero-order valence-electron chi connectivity index (χ0n) is 9.83. The van der Waals surface area contributed by atoms with Crippen molar-refractivity contribution in [3.8, 4) is 0 Å². The molecule has 96 valence electrons. The molecule has 1 unspecified atom stereocenters. The Kier molecular flexibility index (Phi) is 4.50. The minimum absolute atomic E-state index is 0.000189. The molecule has 0 aromatic heterocycles. The minimum Gasteiger partial charge on any atom is -0.306 e. The van der Waals surface area contributed by atoms with Crippen molar-refractivity contribution in [2.45, 2.75) is 19.5 Å². The predicted molar refractivity (Wildman–Crippen MR) is 66.2 cm³/mol. The van der Waals surface area contributed by atoms with Crippen molar-refractivity contribution in [3.63, 3.8) is 0 Å². The monoisotopic (exact) mass is 251 g/mol. The predicted octanol–water partition coefficient (Wildman–Crippen LogP) is 2.17. The van der Waals surface area contributed by atoms with Crippen molar-refractivity contribution < 1.29 is 9.85 Å². The van der Waals surface area contributed by atoms with Crippen LogP contribution in [0.3, 0.4) is 0 Å². The number of rotatable bonds is 6. The van der Waals surface area contributed by atoms with E-state index >= 15 is 0 Å². The number of nitrogens with one attached hydrogen (secondary N) is 1. The third kappa shape index (κ3) is 3.36. The van der Waals surface area contributed by atoms with Crippen molar-refractivity contribution in [3.05, 3.63) is 56.6 Å². The molecule has 0 saturated carbocycles. The Labute approximate surface area is 103 Å². The summed E-state index contributed by atoms with van der Waals surface area (Å²) in [6, 6.07) is 3.61. The molecule has 0 aliphatic heterocycles. The maximum absolute atomic E-state index is 10.8. The summed E-state index contributed by atoms with van der Waals surface area (Å²) < 4.78 is 0. The zero-order chi connectivity index (χ0) is 13.7. The van der Waals surface area contributed by atoms with Gasteiger partial charge in [0, 0.05) is 24.2 Å². The summed E-state index contributed by atoms with van der Waals surface area (Å²) in [6.45, 7) is 5.68. The van der Waals surface area contributed by atoms with Gasteiger partial charge in [0.1, 0.15) is 0 Å². The Morgan fingerprint density at radius 1 is 1.39 bits per heavy atom. The zero-order valence-corrected chi connectivity index (χ0v) is 9.83. The number of nitro groups is 2. The van der Waals surface area contributed by atoms with Crippen LogP contribution in [0.15, 0.2) is 30.9 Å². The summed E-state index contributed by atoms with van der Waals surface area (Å²) in [5.74, 6) is 0. The lowest BCUT2D eigenvalue weighted by atomic mass is 10.1. The van der Waals surface area contributed by atoms with Gasteiger partial charge >= 0.3 is 0 Å². The van der Waals surface area contributed by atoms with E-state index in [1.807, 2.05) is 6.92 Å². The van der Waals surface area contributed by atoms with Crippen LogP contribution in [-0.4, -0.2) is 15.9 Å². The summed E-state index contributed by atoms with van der Waals surface area (Å²) in [6.07, 6.45) is 1.66. The van der Waals surface area contributed by atoms with E-state index in [2.05, 4.69) is 11.9 Å². The Morgan fingerprint density at radius 3 is 2.56 bits per heavy atom. The average Bonchev–Trinajstić information content (AvgIpc) is 2.35. The molecule has 0 fully saturated rings. The third-order valence-corrected chi connectivity index (χ3v) is 2.44. The van der Waals surface area contributed by atoms with Crippen LogP contribution in [0.2, 0.25) is 0 Å². The van der Waals surface area contributed by atoms with E-state index < -0.39 is 9.85 Å². The Morgan fingerprint density at radius 2 is 2.06 bits per heavy atom. The van der Waals surface area contributed by atoms with Crippen molar-refractivity contribution >= 4 is 11.4 Å². The second-order valence-electron chi connectivity index (χ2n) is 3.73. The van der Waals surface area contributed by atoms with Crippen molar-refractivity contribution in [2.24, 2.45) is 0 Å². The summed E-state index contributed by atoms with van der Waals surface area (Å²) in [5.41, 5.74) is -0.144. The molecule has 1 rings (SSSR count). The smallest absolute Gasteiger partial charge is 0.280 e. The van der Waals surface area contributed by atoms with Crippen LogP contribution in [0.25, 0.3) is 0 Å². The van der Waals surface area contributed by atoms with Crippen LogP contribution in [0.1, 0.15) is 12.5 Å². The molecule has 18 heavy (non-hydrogen) atoms. The highest BCUT2D eigenvalue weighted by Crippen LogP contribution is 2.24. The van der Waals surface area contributed by atoms with E-state index in [0.29, 0.717) is 5.56 Å². The average molecular weight is 251 g/mol. The van der Waals surface area contributed by atoms with Gasteiger partial charge in [-0.2, -0.15) is 0 Å². The van der Waals surface area contributed by atoms with Gasteiger partial charge in [-0.05, 0) is 13.0 Å². The van der Waals surface area contributed by atoms with E-state index in [4.69, 9.17) is 0 Å². The van der Waals surface area contributed by atoms with E-state index in [1.54, 1.807) is 6.08 Å². The molecule has 7 nitrogen and oxygen atoms in total. The normalized spacial score (nSPS) is 11.8. The molecule has 1 aromatic carbocycles. The van der Waals surface area contributed by atoms with Crippen LogP contribution in [0.5, 0.6) is 0 Å². The van der Waals surface area contributed by atoms with Crippen LogP contribution in [0, 0.1) is 20.2 Å². The lowest BCUT2D eigenvalue weighted by Gasteiger charge is -2.09. The first kappa shape index (κ1) is 13.8. The maximum atomic E-state index is 10.8. The lowest BCUT2D eigenvalue weighted by molar-refractivity contribution is -0.394. The topological polar surface area (TPSA) is 98.3 Å². The highest BCUT2D eigenvalue weighted by atomic mass is 16.6. The van der Waals surface area contributed by atoms with Crippen molar-refractivity contribution in [1.29, 1.82) is 0 Å². The quantitative estimate of drug-likeness (QED) is 0.474. The summed E-state index contributed by atoms with van der Waals surface area (Å²) >= 11 is 0. The summed E-state index contributed by atoms with van der Waals surface area (Å²) in [7, 11) is 0. The van der Waals surface area contributed by atoms with Crippen molar-refractivity contribution in [2.75, 3.05) is 0 Å². The first-order valence-electron chi connectivity index (χ1n) is 5.23. The Bertz CT molecular complexity index is 487. The first-order chi connectivity index (χ1) is 8.45. The fourth-order valence-corrected chi connectivity index (χ4v) is 1.34. The van der Waals surface area contributed by atoms with Gasteiger partial charge in [0.2, 0.25) is 0 Å². The second kappa shape index (κ2) is 5.87. The molecule has 7 heteroatoms. The van der Waals surface area contributed by atoms with E-state index in [1.165, 1.54) is 12.1 Å². The number of non-ortho nitro benzene ring substituents is 1. The molecule has 0 radical (unpaired) electrons. The number of nitro benzene ring substituents is 2. The molecule has 1 atom stereocenters. The number of hydrogen-bond acceptors (Lipinski definition) is 5. The molecule has 0 heterocycles. The van der Waals surface area contributed by atoms with E-state index in [9.17, 15) is 20.2 Å². The largest absolute Gasteiger partial charge is 0.306 e. The fraction of sp³-hybridized carbons (Fsp3) is 0.273. The standard InChI is InChI=1S/C11H13N3O4/c1-3-8(2)12-7-9-4-5-10(13(15)16)6-11(9)14(17)18/h3-6,8,12H,1,7H2,2H3. The summed E-state index contributed by atoms with van der Waals surface area (Å²) in [5, 5.41) is 24.4. The molecule has 1 aromatic rings. The highest BCUT2D eigenvalue weighted by Gasteiger charge is 2.19. The van der Waals surface area contributed by atoms with Gasteiger partial charge in [-0.25, -0.2) is 0 Å². The number of benzene rings is 1. The number of nitrogens with zero attached hydrogens (tertiary/aromatic N) is 2. The lowest BCUT2D eigenvalue weighted by Crippen LogP contribution is -2.23. The minimum atomic E-state index is -0.656. The molecule has 0 aliphatic carbocycles. The maximum Gasteiger partial charge on any atom is 0.280 e. The molecule has 1 N–H and O–H groups in total. The van der Waals surface area contributed by atoms with Crippen molar-refractivity contribution in [1.82, 2.24) is 5.32 Å². The molecule has 0 saturated heterocycles. The van der Waals surface area contributed by atoms with Gasteiger partial charge < -0.3 is 5.32 Å². The second-order valence-corrected chi connectivity index (χ2v) is 3.73. The first-order valence-corrected chi connectivity index (χ1v) is 5.23.